The van der Waals surface area contributed by atoms with Crippen LogP contribution in [0.25, 0.3) is 0 Å². The fraction of sp³-hybridized carbons (Fsp3) is 0.765. The summed E-state index contributed by atoms with van der Waals surface area (Å²) in [5.74, 6) is 1.99. The average Bonchev–Trinajstić information content (AvgIpc) is 2.75. The summed E-state index contributed by atoms with van der Waals surface area (Å²) in [7, 11) is 0. The largest absolute Gasteiger partial charge is 0.462 e. The van der Waals surface area contributed by atoms with E-state index in [1.165, 1.54) is 37.7 Å². The molecule has 1 saturated carbocycles. The molecule has 1 heterocycles. The van der Waals surface area contributed by atoms with Gasteiger partial charge >= 0.3 is 0 Å². The second kappa shape index (κ2) is 6.77. The summed E-state index contributed by atoms with van der Waals surface area (Å²) in [6.07, 6.45) is 6.83. The predicted molar refractivity (Wildman–Crippen MR) is 81.7 cm³/mol. The van der Waals surface area contributed by atoms with Crippen molar-refractivity contribution in [2.24, 2.45) is 0 Å². The lowest BCUT2D eigenvalue weighted by atomic mass is 9.98. The zero-order valence-electron chi connectivity index (χ0n) is 13.4. The highest BCUT2D eigenvalue weighted by Crippen LogP contribution is 2.23. The van der Waals surface area contributed by atoms with E-state index in [2.05, 4.69) is 39.1 Å². The lowest BCUT2D eigenvalue weighted by Crippen LogP contribution is -2.35. The van der Waals surface area contributed by atoms with E-state index in [-0.39, 0.29) is 5.54 Å². The van der Waals surface area contributed by atoms with Crippen LogP contribution in [0.1, 0.15) is 70.0 Å². The van der Waals surface area contributed by atoms with Crippen molar-refractivity contribution >= 4 is 0 Å². The van der Waals surface area contributed by atoms with Crippen molar-refractivity contribution in [3.63, 3.8) is 0 Å². The van der Waals surface area contributed by atoms with Gasteiger partial charge in [0.25, 0.3) is 0 Å². The third-order valence-corrected chi connectivity index (χ3v) is 3.86. The molecule has 1 N–H and O–H groups in total. The summed E-state index contributed by atoms with van der Waals surface area (Å²) in [5.41, 5.74) is 1.32. The van der Waals surface area contributed by atoms with Gasteiger partial charge in [-0.05, 0) is 52.2 Å². The first-order chi connectivity index (χ1) is 9.44. The van der Waals surface area contributed by atoms with Crippen molar-refractivity contribution in [1.29, 1.82) is 0 Å². The molecule has 0 bridgehead atoms. The molecule has 1 aliphatic carbocycles. The summed E-state index contributed by atoms with van der Waals surface area (Å²) >= 11 is 0. The van der Waals surface area contributed by atoms with E-state index in [4.69, 9.17) is 9.15 Å². The number of ether oxygens (including phenoxy) is 1. The minimum atomic E-state index is 0.109. The van der Waals surface area contributed by atoms with Crippen molar-refractivity contribution in [2.75, 3.05) is 0 Å². The van der Waals surface area contributed by atoms with Crippen molar-refractivity contribution in [2.45, 2.75) is 84.6 Å². The van der Waals surface area contributed by atoms with E-state index in [0.717, 1.165) is 18.1 Å². The van der Waals surface area contributed by atoms with Crippen molar-refractivity contribution in [1.82, 2.24) is 5.32 Å². The molecular formula is C17H29NO2. The molecule has 0 atom stereocenters. The molecular weight excluding hydrogens is 250 g/mol. The van der Waals surface area contributed by atoms with E-state index in [1.807, 2.05) is 0 Å². The van der Waals surface area contributed by atoms with Gasteiger partial charge in [-0.2, -0.15) is 0 Å². The third kappa shape index (κ3) is 4.95. The van der Waals surface area contributed by atoms with Crippen LogP contribution in [0, 0.1) is 6.92 Å². The first-order valence-corrected chi connectivity index (χ1v) is 7.89. The first-order valence-electron chi connectivity index (χ1n) is 7.89. The van der Waals surface area contributed by atoms with E-state index >= 15 is 0 Å². The second-order valence-electron chi connectivity index (χ2n) is 6.99. The lowest BCUT2D eigenvalue weighted by molar-refractivity contribution is 0.00833. The second-order valence-corrected chi connectivity index (χ2v) is 6.99. The molecule has 1 fully saturated rings. The Kier molecular flexibility index (Phi) is 5.28. The molecule has 1 aliphatic rings. The minimum Gasteiger partial charge on any atom is -0.462 e. The molecule has 1 aromatic heterocycles. The summed E-state index contributed by atoms with van der Waals surface area (Å²) in [6.45, 7) is 9.99. The van der Waals surface area contributed by atoms with Gasteiger partial charge in [-0.1, -0.05) is 19.3 Å². The Labute approximate surface area is 123 Å². The maximum atomic E-state index is 5.97. The van der Waals surface area contributed by atoms with Gasteiger partial charge in [0.05, 0.1) is 12.6 Å². The number of hydrogen-bond acceptors (Lipinski definition) is 3. The normalized spacial score (nSPS) is 17.6. The Bertz CT molecular complexity index is 411. The van der Waals surface area contributed by atoms with Gasteiger partial charge < -0.3 is 14.5 Å². The Morgan fingerprint density at radius 1 is 1.25 bits per heavy atom. The van der Waals surface area contributed by atoms with Crippen LogP contribution in [-0.4, -0.2) is 11.6 Å². The first kappa shape index (κ1) is 15.6. The van der Waals surface area contributed by atoms with Crippen LogP contribution in [-0.2, 0) is 17.9 Å². The van der Waals surface area contributed by atoms with Crippen LogP contribution < -0.4 is 5.32 Å². The molecule has 20 heavy (non-hydrogen) atoms. The SMILES string of the molecule is Cc1cc(COC2CCCCC2)oc1CNC(C)(C)C. The highest BCUT2D eigenvalue weighted by Gasteiger charge is 2.16. The van der Waals surface area contributed by atoms with E-state index in [9.17, 15) is 0 Å². The lowest BCUT2D eigenvalue weighted by Gasteiger charge is -2.21. The quantitative estimate of drug-likeness (QED) is 0.871. The summed E-state index contributed by atoms with van der Waals surface area (Å²) in [6, 6.07) is 2.11. The molecule has 0 aromatic carbocycles. The molecule has 3 heteroatoms. The van der Waals surface area contributed by atoms with Gasteiger partial charge in [-0.25, -0.2) is 0 Å². The molecule has 0 aliphatic heterocycles. The molecule has 0 spiro atoms. The molecule has 0 amide bonds. The van der Waals surface area contributed by atoms with Crippen LogP contribution in [0.3, 0.4) is 0 Å². The summed E-state index contributed by atoms with van der Waals surface area (Å²) in [5, 5.41) is 3.46. The average molecular weight is 279 g/mol. The van der Waals surface area contributed by atoms with Gasteiger partial charge in [0.2, 0.25) is 0 Å². The van der Waals surface area contributed by atoms with Crippen LogP contribution in [0.5, 0.6) is 0 Å². The molecule has 3 nitrogen and oxygen atoms in total. The van der Waals surface area contributed by atoms with Gasteiger partial charge in [-0.15, -0.1) is 0 Å². The topological polar surface area (TPSA) is 34.4 Å². The summed E-state index contributed by atoms with van der Waals surface area (Å²) in [4.78, 5) is 0. The maximum Gasteiger partial charge on any atom is 0.130 e. The fourth-order valence-electron chi connectivity index (χ4n) is 2.61. The van der Waals surface area contributed by atoms with Crippen molar-refractivity contribution in [3.8, 4) is 0 Å². The maximum absolute atomic E-state index is 5.97. The van der Waals surface area contributed by atoms with E-state index in [1.54, 1.807) is 0 Å². The Hall–Kier alpha value is -0.800. The van der Waals surface area contributed by atoms with Crippen molar-refractivity contribution < 1.29 is 9.15 Å². The monoisotopic (exact) mass is 279 g/mol. The molecule has 0 saturated heterocycles. The zero-order chi connectivity index (χ0) is 14.6. The van der Waals surface area contributed by atoms with Gasteiger partial charge in [0, 0.05) is 5.54 Å². The third-order valence-electron chi connectivity index (χ3n) is 3.86. The molecule has 114 valence electrons. The van der Waals surface area contributed by atoms with Gasteiger partial charge in [0.1, 0.15) is 18.1 Å². The Balaban J connectivity index is 1.83. The Morgan fingerprint density at radius 2 is 1.95 bits per heavy atom. The number of furan rings is 1. The van der Waals surface area contributed by atoms with E-state index < -0.39 is 0 Å². The number of hydrogen-bond donors (Lipinski definition) is 1. The van der Waals surface area contributed by atoms with Gasteiger partial charge in [0.15, 0.2) is 0 Å². The Morgan fingerprint density at radius 3 is 2.60 bits per heavy atom. The fourth-order valence-corrected chi connectivity index (χ4v) is 2.61. The van der Waals surface area contributed by atoms with Crippen LogP contribution in [0.15, 0.2) is 10.5 Å². The number of rotatable bonds is 5. The van der Waals surface area contributed by atoms with Gasteiger partial charge in [-0.3, -0.25) is 0 Å². The van der Waals surface area contributed by atoms with E-state index in [0.29, 0.717) is 12.7 Å². The zero-order valence-corrected chi connectivity index (χ0v) is 13.4. The molecule has 2 rings (SSSR count). The summed E-state index contributed by atoms with van der Waals surface area (Å²) < 4.78 is 11.9. The molecule has 1 aromatic rings. The molecule has 0 radical (unpaired) electrons. The number of aryl methyl sites for hydroxylation is 1. The van der Waals surface area contributed by atoms with Crippen LogP contribution in [0.4, 0.5) is 0 Å². The number of nitrogens with one attached hydrogen (secondary N) is 1. The van der Waals surface area contributed by atoms with Crippen molar-refractivity contribution in [3.05, 3.63) is 23.2 Å². The minimum absolute atomic E-state index is 0.109. The highest BCUT2D eigenvalue weighted by atomic mass is 16.5. The smallest absolute Gasteiger partial charge is 0.130 e. The highest BCUT2D eigenvalue weighted by molar-refractivity contribution is 5.19. The molecule has 0 unspecified atom stereocenters. The van der Waals surface area contributed by atoms with Crippen LogP contribution in [0.2, 0.25) is 0 Å². The predicted octanol–water partition coefficient (Wildman–Crippen LogP) is 4.33. The van der Waals surface area contributed by atoms with Crippen LogP contribution >= 0.6 is 0 Å². The standard InChI is InChI=1S/C17H29NO2/c1-13-10-15(12-19-14-8-6-5-7-9-14)20-16(13)11-18-17(2,3)4/h10,14,18H,5-9,11-12H2,1-4H3.